The molecule has 0 spiro atoms. The third kappa shape index (κ3) is 23.5. The molecule has 0 aliphatic heterocycles. The van der Waals surface area contributed by atoms with Crippen LogP contribution in [-0.2, 0) is 28.1 Å². The van der Waals surface area contributed by atoms with Crippen LogP contribution in [0.2, 0.25) is 0 Å². The minimum atomic E-state index is -0.903. The smallest absolute Gasteiger partial charge is 0.198 e. The van der Waals surface area contributed by atoms with Crippen LogP contribution < -0.4 is 11.5 Å². The molecule has 0 radical (unpaired) electrons. The van der Waals surface area contributed by atoms with Crippen molar-refractivity contribution >= 4 is 50.7 Å². The van der Waals surface area contributed by atoms with Gasteiger partial charge in [0.15, 0.2) is 27.1 Å². The van der Waals surface area contributed by atoms with Crippen molar-refractivity contribution in [3.8, 4) is 0 Å². The van der Waals surface area contributed by atoms with Crippen molar-refractivity contribution in [2.45, 2.75) is 199 Å². The van der Waals surface area contributed by atoms with E-state index in [1.54, 1.807) is 0 Å². The molecule has 2 unspecified atom stereocenters. The number of nitrogens with zero attached hydrogens (tertiary/aromatic N) is 4. The Morgan fingerprint density at radius 1 is 0.544 bits per heavy atom. The molecule has 0 aliphatic carbocycles. The quantitative estimate of drug-likeness (QED) is 0.0419. The lowest BCUT2D eigenvalue weighted by molar-refractivity contribution is -0.117. The molecule has 16 heteroatoms. The SMILES string of the molecule is CC(C)N(C(C)C)P(OCCOCSC(=O)C(C)(C)CN)N(C(C)C)C(C)C.CC(N)C(C)C(=O)SCOCCCOP(N(C(C)C)C(C)C)N(C(C)C)C(C)C. The van der Waals surface area contributed by atoms with Gasteiger partial charge in [-0.25, -0.2) is 18.7 Å². The molecule has 57 heavy (non-hydrogen) atoms. The normalized spacial score (nSPS) is 14.2. The molecule has 0 fully saturated rings. The number of nitrogens with two attached hydrogens (primary N) is 2. The van der Waals surface area contributed by atoms with Crippen LogP contribution in [0.1, 0.15) is 145 Å². The lowest BCUT2D eigenvalue weighted by Gasteiger charge is -2.45. The van der Waals surface area contributed by atoms with E-state index in [4.69, 9.17) is 30.0 Å². The summed E-state index contributed by atoms with van der Waals surface area (Å²) in [4.78, 5) is 24.0. The Kier molecular flexibility index (Phi) is 32.8. The first-order chi connectivity index (χ1) is 26.3. The highest BCUT2D eigenvalue weighted by atomic mass is 32.2. The van der Waals surface area contributed by atoms with Gasteiger partial charge >= 0.3 is 0 Å². The zero-order valence-corrected chi connectivity index (χ0v) is 43.5. The van der Waals surface area contributed by atoms with Crippen molar-refractivity contribution < 1.29 is 28.1 Å². The Labute approximate surface area is 362 Å². The average molecular weight is 889 g/mol. The molecule has 2 atom stereocenters. The summed E-state index contributed by atoms with van der Waals surface area (Å²) in [5, 5.41) is 0.156. The van der Waals surface area contributed by atoms with E-state index in [-0.39, 0.29) is 22.2 Å². The zero-order chi connectivity index (χ0) is 44.8. The fourth-order valence-electron chi connectivity index (χ4n) is 5.89. The first-order valence-corrected chi connectivity index (χ1v) is 25.5. The molecule has 0 rings (SSSR count). The lowest BCUT2D eigenvalue weighted by Crippen LogP contribution is -2.43. The van der Waals surface area contributed by atoms with Crippen molar-refractivity contribution in [2.24, 2.45) is 22.8 Å². The summed E-state index contributed by atoms with van der Waals surface area (Å²) in [5.41, 5.74) is 10.9. The number of hydrogen-bond acceptors (Lipinski definition) is 14. The van der Waals surface area contributed by atoms with E-state index in [0.29, 0.717) is 93.2 Å². The van der Waals surface area contributed by atoms with Crippen LogP contribution in [0, 0.1) is 11.3 Å². The van der Waals surface area contributed by atoms with Gasteiger partial charge in [-0.3, -0.25) is 9.59 Å². The molecular formula is C41H90N6O6P2S2. The monoisotopic (exact) mass is 889 g/mol. The van der Waals surface area contributed by atoms with Crippen LogP contribution in [0.15, 0.2) is 0 Å². The summed E-state index contributed by atoms with van der Waals surface area (Å²) < 4.78 is 34.0. The maximum atomic E-state index is 12.1. The number of ether oxygens (including phenoxy) is 2. The van der Waals surface area contributed by atoms with Crippen molar-refractivity contribution in [1.29, 1.82) is 0 Å². The minimum Gasteiger partial charge on any atom is -0.370 e. The van der Waals surface area contributed by atoms with Crippen molar-refractivity contribution in [3.05, 3.63) is 0 Å². The molecule has 0 saturated heterocycles. The van der Waals surface area contributed by atoms with Crippen LogP contribution in [0.5, 0.6) is 0 Å². The van der Waals surface area contributed by atoms with Gasteiger partial charge in [0, 0.05) is 78.9 Å². The first kappa shape index (κ1) is 59.6. The molecule has 0 aromatic rings. The van der Waals surface area contributed by atoms with Crippen LogP contribution in [0.25, 0.3) is 0 Å². The highest BCUT2D eigenvalue weighted by Gasteiger charge is 2.36. The lowest BCUT2D eigenvalue weighted by atomic mass is 9.96. The van der Waals surface area contributed by atoms with Crippen LogP contribution in [0.3, 0.4) is 0 Å². The Morgan fingerprint density at radius 2 is 0.877 bits per heavy atom. The van der Waals surface area contributed by atoms with Crippen LogP contribution in [-0.4, -0.2) is 128 Å². The Morgan fingerprint density at radius 3 is 1.21 bits per heavy atom. The summed E-state index contributed by atoms with van der Waals surface area (Å²) in [6.45, 7) is 45.6. The van der Waals surface area contributed by atoms with Gasteiger partial charge in [0.2, 0.25) is 0 Å². The topological polar surface area (TPSA) is 136 Å². The Hall–Kier alpha value is 0.500. The van der Waals surface area contributed by atoms with E-state index in [2.05, 4.69) is 129 Å². The van der Waals surface area contributed by atoms with Crippen LogP contribution >= 0.6 is 40.4 Å². The van der Waals surface area contributed by atoms with Gasteiger partial charge < -0.3 is 30.0 Å². The molecule has 0 aromatic heterocycles. The number of thioether (sulfide) groups is 2. The molecule has 0 aromatic carbocycles. The maximum Gasteiger partial charge on any atom is 0.198 e. The highest BCUT2D eigenvalue weighted by Crippen LogP contribution is 2.51. The summed E-state index contributed by atoms with van der Waals surface area (Å²) in [6.07, 6.45) is 0.810. The third-order valence-corrected chi connectivity index (χ3v) is 17.0. The summed E-state index contributed by atoms with van der Waals surface area (Å²) in [7, 11) is -1.76. The van der Waals surface area contributed by atoms with Gasteiger partial charge in [-0.15, -0.1) is 0 Å². The van der Waals surface area contributed by atoms with Crippen molar-refractivity contribution in [2.75, 3.05) is 44.9 Å². The second-order valence-corrected chi connectivity index (χ2v) is 22.7. The van der Waals surface area contributed by atoms with Gasteiger partial charge in [-0.1, -0.05) is 44.3 Å². The average Bonchev–Trinajstić information content (AvgIpc) is 3.07. The molecule has 0 saturated carbocycles. The molecule has 0 aliphatic rings. The number of hydrogen-bond donors (Lipinski definition) is 2. The second-order valence-electron chi connectivity index (χ2n) is 17.5. The molecule has 0 heterocycles. The maximum absolute atomic E-state index is 12.1. The van der Waals surface area contributed by atoms with E-state index in [0.717, 1.165) is 6.42 Å². The van der Waals surface area contributed by atoms with Crippen LogP contribution in [0.4, 0.5) is 0 Å². The standard InChI is InChI=1S/C21H46N3O3PS.C20H44N3O3PS/c1-15(2)23(16(3)4)28(24(17(5)6)18(7)8)27-13-11-12-26-14-29-21(25)19(9)20(10)22;1-15(2)22(16(3)4)27(23(17(5)6)18(7)8)26-12-11-25-14-28-19(24)20(9,10)13-21/h15-20H,11-14,22H2,1-10H3;15-18H,11-14,21H2,1-10H3. The third-order valence-electron chi connectivity index (χ3n) is 8.88. The minimum absolute atomic E-state index is 0.0646. The largest absolute Gasteiger partial charge is 0.370 e. The van der Waals surface area contributed by atoms with Crippen molar-refractivity contribution in [1.82, 2.24) is 18.7 Å². The predicted octanol–water partition coefficient (Wildman–Crippen LogP) is 9.76. The predicted molar refractivity (Wildman–Crippen MR) is 251 cm³/mol. The highest BCUT2D eigenvalue weighted by molar-refractivity contribution is 8.13. The molecule has 0 amide bonds. The van der Waals surface area contributed by atoms with Crippen molar-refractivity contribution in [3.63, 3.8) is 0 Å². The van der Waals surface area contributed by atoms with E-state index in [1.807, 2.05) is 27.7 Å². The molecule has 12 nitrogen and oxygen atoms in total. The fourth-order valence-corrected chi connectivity index (χ4v) is 12.2. The van der Waals surface area contributed by atoms with Gasteiger partial charge in [0.1, 0.15) is 0 Å². The number of carbonyl (C=O) groups is 2. The number of rotatable bonds is 29. The fraction of sp³-hybridized carbons (Fsp3) is 0.951. The van der Waals surface area contributed by atoms with Gasteiger partial charge in [-0.05, 0) is 124 Å². The van der Waals surface area contributed by atoms with E-state index in [9.17, 15) is 9.59 Å². The Bertz CT molecular complexity index is 987. The van der Waals surface area contributed by atoms with Gasteiger partial charge in [0.25, 0.3) is 0 Å². The molecule has 0 bridgehead atoms. The number of carbonyl (C=O) groups excluding carboxylic acids is 2. The molecule has 342 valence electrons. The van der Waals surface area contributed by atoms with E-state index in [1.165, 1.54) is 23.5 Å². The summed E-state index contributed by atoms with van der Waals surface area (Å²) in [6, 6.07) is 3.06. The zero-order valence-electron chi connectivity index (χ0n) is 40.0. The molecule has 4 N–H and O–H groups in total. The molecular weight excluding hydrogens is 799 g/mol. The summed E-state index contributed by atoms with van der Waals surface area (Å²) >= 11 is 2.40. The van der Waals surface area contributed by atoms with E-state index >= 15 is 0 Å². The first-order valence-electron chi connectivity index (χ1n) is 21.2. The summed E-state index contributed by atoms with van der Waals surface area (Å²) in [5.74, 6) is 0.560. The van der Waals surface area contributed by atoms with E-state index < -0.39 is 22.3 Å². The second kappa shape index (κ2) is 31.4. The van der Waals surface area contributed by atoms with Gasteiger partial charge in [0.05, 0.1) is 31.7 Å². The Balaban J connectivity index is 0. The van der Waals surface area contributed by atoms with Gasteiger partial charge in [-0.2, -0.15) is 0 Å².